The molecule has 1 fully saturated rings. The van der Waals surface area contributed by atoms with Crippen LogP contribution in [-0.4, -0.2) is 44.8 Å². The van der Waals surface area contributed by atoms with Gasteiger partial charge in [-0.15, -0.1) is 0 Å². The molecule has 3 amide bonds. The highest BCUT2D eigenvalue weighted by Crippen LogP contribution is 2.40. The molecule has 0 radical (unpaired) electrons. The monoisotopic (exact) mass is 475 g/mol. The van der Waals surface area contributed by atoms with Crippen molar-refractivity contribution in [2.75, 3.05) is 43.1 Å². The first-order valence-corrected chi connectivity index (χ1v) is 11.5. The molecule has 1 atom stereocenters. The van der Waals surface area contributed by atoms with Crippen LogP contribution in [0.1, 0.15) is 27.2 Å². The molecular formula is C24H30ClN3O5. The Morgan fingerprint density at radius 3 is 2.21 bits per heavy atom. The van der Waals surface area contributed by atoms with Gasteiger partial charge >= 0.3 is 6.03 Å². The molecule has 2 aromatic rings. The van der Waals surface area contributed by atoms with Crippen molar-refractivity contribution in [1.29, 1.82) is 0 Å². The van der Waals surface area contributed by atoms with Crippen LogP contribution < -0.4 is 29.7 Å². The lowest BCUT2D eigenvalue weighted by molar-refractivity contribution is -0.117. The summed E-state index contributed by atoms with van der Waals surface area (Å²) in [7, 11) is 0. The number of ether oxygens (including phenoxy) is 3. The number of amides is 3. The molecule has 9 heteroatoms. The smallest absolute Gasteiger partial charge is 0.319 e. The molecule has 2 aromatic carbocycles. The van der Waals surface area contributed by atoms with E-state index in [9.17, 15) is 9.59 Å². The summed E-state index contributed by atoms with van der Waals surface area (Å²) < 4.78 is 17.1. The van der Waals surface area contributed by atoms with Gasteiger partial charge in [0.05, 0.1) is 25.5 Å². The minimum atomic E-state index is -0.374. The van der Waals surface area contributed by atoms with Crippen molar-refractivity contribution in [3.8, 4) is 17.2 Å². The van der Waals surface area contributed by atoms with E-state index in [2.05, 4.69) is 10.6 Å². The first kappa shape index (κ1) is 24.5. The maximum atomic E-state index is 12.5. The number of hydrogen-bond acceptors (Lipinski definition) is 5. The summed E-state index contributed by atoms with van der Waals surface area (Å²) in [5.41, 5.74) is 1.32. The van der Waals surface area contributed by atoms with E-state index < -0.39 is 0 Å². The summed E-state index contributed by atoms with van der Waals surface area (Å²) in [5.74, 6) is 1.55. The van der Waals surface area contributed by atoms with Gasteiger partial charge < -0.3 is 29.7 Å². The van der Waals surface area contributed by atoms with E-state index in [-0.39, 0.29) is 17.9 Å². The molecular weight excluding hydrogens is 446 g/mol. The average molecular weight is 476 g/mol. The molecule has 0 saturated carbocycles. The number of carbonyl (C=O) groups is 2. The predicted octanol–water partition coefficient (Wildman–Crippen LogP) is 4.71. The van der Waals surface area contributed by atoms with Gasteiger partial charge in [-0.3, -0.25) is 4.79 Å². The number of rotatable bonds is 10. The molecule has 2 N–H and O–H groups in total. The Bertz CT molecular complexity index is 940. The van der Waals surface area contributed by atoms with Gasteiger partial charge in [-0.1, -0.05) is 11.6 Å². The third-order valence-corrected chi connectivity index (χ3v) is 5.31. The molecule has 1 aliphatic rings. The number of benzene rings is 2. The van der Waals surface area contributed by atoms with E-state index in [1.807, 2.05) is 32.9 Å². The van der Waals surface area contributed by atoms with Crippen LogP contribution in [0.15, 0.2) is 36.4 Å². The highest BCUT2D eigenvalue weighted by atomic mass is 35.5. The lowest BCUT2D eigenvalue weighted by Gasteiger charge is -2.18. The number of carbonyl (C=O) groups excluding carboxylic acids is 2. The van der Waals surface area contributed by atoms with Gasteiger partial charge in [0.1, 0.15) is 0 Å². The minimum Gasteiger partial charge on any atom is -0.490 e. The summed E-state index contributed by atoms with van der Waals surface area (Å²) in [6.45, 7) is 7.88. The zero-order valence-corrected chi connectivity index (χ0v) is 19.9. The molecule has 1 saturated heterocycles. The number of urea groups is 1. The van der Waals surface area contributed by atoms with Gasteiger partial charge in [0, 0.05) is 48.3 Å². The van der Waals surface area contributed by atoms with Crippen LogP contribution in [0.4, 0.5) is 16.2 Å². The minimum absolute atomic E-state index is 0.0113. The quantitative estimate of drug-likeness (QED) is 0.519. The molecule has 8 nitrogen and oxygen atoms in total. The van der Waals surface area contributed by atoms with Gasteiger partial charge in [-0.2, -0.15) is 0 Å². The highest BCUT2D eigenvalue weighted by Gasteiger charge is 2.30. The summed E-state index contributed by atoms with van der Waals surface area (Å²) in [4.78, 5) is 26.7. The van der Waals surface area contributed by atoms with Crippen molar-refractivity contribution >= 4 is 34.9 Å². The van der Waals surface area contributed by atoms with Gasteiger partial charge in [0.25, 0.3) is 0 Å². The van der Waals surface area contributed by atoms with Crippen LogP contribution in [0.2, 0.25) is 5.02 Å². The molecule has 0 aromatic heterocycles. The molecule has 1 aliphatic heterocycles. The molecule has 0 bridgehead atoms. The summed E-state index contributed by atoms with van der Waals surface area (Å²) >= 11 is 5.93. The fourth-order valence-electron chi connectivity index (χ4n) is 3.66. The lowest BCUT2D eigenvalue weighted by Crippen LogP contribution is -2.34. The van der Waals surface area contributed by atoms with Gasteiger partial charge in [-0.05, 0) is 45.0 Å². The first-order chi connectivity index (χ1) is 15.9. The Morgan fingerprint density at radius 2 is 1.64 bits per heavy atom. The maximum Gasteiger partial charge on any atom is 0.319 e. The predicted molar refractivity (Wildman–Crippen MR) is 129 cm³/mol. The molecule has 3 rings (SSSR count). The maximum absolute atomic E-state index is 12.5. The number of halogens is 1. The van der Waals surface area contributed by atoms with Crippen LogP contribution in [0.5, 0.6) is 17.2 Å². The fraction of sp³-hybridized carbons (Fsp3) is 0.417. The topological polar surface area (TPSA) is 89.1 Å². The number of anilines is 2. The van der Waals surface area contributed by atoms with Crippen molar-refractivity contribution in [3.05, 3.63) is 41.4 Å². The van der Waals surface area contributed by atoms with E-state index in [4.69, 9.17) is 25.8 Å². The normalized spacial score (nSPS) is 15.3. The van der Waals surface area contributed by atoms with Gasteiger partial charge in [0.2, 0.25) is 11.7 Å². The Balaban J connectivity index is 1.61. The Hall–Kier alpha value is -3.13. The van der Waals surface area contributed by atoms with E-state index in [1.54, 1.807) is 29.2 Å². The van der Waals surface area contributed by atoms with Crippen molar-refractivity contribution in [2.45, 2.75) is 27.2 Å². The van der Waals surface area contributed by atoms with Gasteiger partial charge in [0.15, 0.2) is 11.5 Å². The second-order valence-electron chi connectivity index (χ2n) is 7.49. The Morgan fingerprint density at radius 1 is 1.03 bits per heavy atom. The summed E-state index contributed by atoms with van der Waals surface area (Å²) in [5, 5.41) is 6.29. The zero-order valence-electron chi connectivity index (χ0n) is 19.2. The Labute approximate surface area is 199 Å². The van der Waals surface area contributed by atoms with Gasteiger partial charge in [-0.25, -0.2) is 4.79 Å². The number of nitrogens with zero attached hydrogens (tertiary/aromatic N) is 1. The average Bonchev–Trinajstić information content (AvgIpc) is 3.16. The van der Waals surface area contributed by atoms with Crippen LogP contribution >= 0.6 is 11.6 Å². The van der Waals surface area contributed by atoms with E-state index in [0.717, 1.165) is 5.69 Å². The van der Waals surface area contributed by atoms with Crippen LogP contribution in [0.3, 0.4) is 0 Å². The van der Waals surface area contributed by atoms with Crippen molar-refractivity contribution in [2.24, 2.45) is 5.92 Å². The van der Waals surface area contributed by atoms with Crippen LogP contribution in [0, 0.1) is 5.92 Å². The largest absolute Gasteiger partial charge is 0.490 e. The summed E-state index contributed by atoms with van der Waals surface area (Å²) in [6.07, 6.45) is 0.370. The van der Waals surface area contributed by atoms with E-state index in [0.29, 0.717) is 67.3 Å². The first-order valence-electron chi connectivity index (χ1n) is 11.1. The second kappa shape index (κ2) is 11.7. The molecule has 0 aliphatic carbocycles. The van der Waals surface area contributed by atoms with Crippen molar-refractivity contribution < 1.29 is 23.8 Å². The second-order valence-corrected chi connectivity index (χ2v) is 7.92. The Kier molecular flexibility index (Phi) is 8.65. The van der Waals surface area contributed by atoms with Crippen LogP contribution in [0.25, 0.3) is 0 Å². The van der Waals surface area contributed by atoms with E-state index >= 15 is 0 Å². The van der Waals surface area contributed by atoms with Crippen molar-refractivity contribution in [1.82, 2.24) is 5.32 Å². The number of hydrogen-bond donors (Lipinski definition) is 2. The third kappa shape index (κ3) is 6.44. The third-order valence-electron chi connectivity index (χ3n) is 5.06. The van der Waals surface area contributed by atoms with E-state index in [1.165, 1.54) is 0 Å². The molecule has 33 heavy (non-hydrogen) atoms. The SMILES string of the molecule is CCOc1cc(NC(=O)NCC2CC(=O)N(c3ccc(Cl)cc3)C2)cc(OCC)c1OCC. The van der Waals surface area contributed by atoms with Crippen LogP contribution in [-0.2, 0) is 4.79 Å². The molecule has 1 heterocycles. The number of nitrogens with one attached hydrogen (secondary N) is 2. The molecule has 178 valence electrons. The summed E-state index contributed by atoms with van der Waals surface area (Å²) in [6, 6.07) is 10.2. The standard InChI is InChI=1S/C24H30ClN3O5/c1-4-31-20-12-18(13-21(32-5-2)23(20)33-6-3)27-24(30)26-14-16-11-22(29)28(15-16)19-9-7-17(25)8-10-19/h7-10,12-13,16H,4-6,11,14-15H2,1-3H3,(H2,26,27,30). The fourth-order valence-corrected chi connectivity index (χ4v) is 3.79. The molecule has 0 spiro atoms. The highest BCUT2D eigenvalue weighted by molar-refractivity contribution is 6.30. The molecule has 1 unspecified atom stereocenters. The van der Waals surface area contributed by atoms with Crippen molar-refractivity contribution in [3.63, 3.8) is 0 Å². The zero-order chi connectivity index (χ0) is 23.8. The lowest BCUT2D eigenvalue weighted by atomic mass is 10.1.